The van der Waals surface area contributed by atoms with Crippen LogP contribution < -0.4 is 0 Å². The lowest BCUT2D eigenvalue weighted by Gasteiger charge is -2.36. The van der Waals surface area contributed by atoms with Crippen LogP contribution in [0.2, 0.25) is 0 Å². The SMILES string of the molecule is O[C@@H]1CO[C@H]2OCCO[C@H]2C1. The number of ether oxygens (including phenoxy) is 3. The van der Waals surface area contributed by atoms with Gasteiger partial charge < -0.3 is 19.3 Å². The van der Waals surface area contributed by atoms with Crippen molar-refractivity contribution in [2.24, 2.45) is 0 Å². The van der Waals surface area contributed by atoms with Gasteiger partial charge in [0.05, 0.1) is 25.9 Å². The molecule has 2 heterocycles. The highest BCUT2D eigenvalue weighted by atomic mass is 16.7. The van der Waals surface area contributed by atoms with Crippen LogP contribution in [0, 0.1) is 0 Å². The predicted octanol–water partition coefficient (Wildman–Crippen LogP) is -0.491. The molecule has 2 fully saturated rings. The molecule has 0 bridgehead atoms. The molecule has 2 aliphatic heterocycles. The Labute approximate surface area is 65.1 Å². The van der Waals surface area contributed by atoms with Crippen molar-refractivity contribution in [2.45, 2.75) is 24.9 Å². The summed E-state index contributed by atoms with van der Waals surface area (Å²) >= 11 is 0. The molecule has 4 heteroatoms. The van der Waals surface area contributed by atoms with E-state index in [9.17, 15) is 5.11 Å². The van der Waals surface area contributed by atoms with Gasteiger partial charge in [0.2, 0.25) is 0 Å². The van der Waals surface area contributed by atoms with E-state index in [1.165, 1.54) is 0 Å². The third-order valence-corrected chi connectivity index (χ3v) is 1.96. The third kappa shape index (κ3) is 1.54. The minimum atomic E-state index is -0.391. The molecule has 0 aromatic heterocycles. The summed E-state index contributed by atoms with van der Waals surface area (Å²) < 4.78 is 15.8. The number of aliphatic hydroxyl groups excluding tert-OH is 1. The summed E-state index contributed by atoms with van der Waals surface area (Å²) in [6.07, 6.45) is -0.0670. The highest BCUT2D eigenvalue weighted by molar-refractivity contribution is 4.75. The van der Waals surface area contributed by atoms with Crippen LogP contribution in [0.15, 0.2) is 0 Å². The highest BCUT2D eigenvalue weighted by Gasteiger charge is 2.34. The smallest absolute Gasteiger partial charge is 0.184 e. The van der Waals surface area contributed by atoms with E-state index in [4.69, 9.17) is 14.2 Å². The van der Waals surface area contributed by atoms with E-state index < -0.39 is 6.10 Å². The zero-order valence-corrected chi connectivity index (χ0v) is 6.23. The maximum Gasteiger partial charge on any atom is 0.184 e. The summed E-state index contributed by atoms with van der Waals surface area (Å²) in [7, 11) is 0. The maximum atomic E-state index is 9.19. The summed E-state index contributed by atoms with van der Waals surface area (Å²) in [5.74, 6) is 0. The van der Waals surface area contributed by atoms with E-state index in [2.05, 4.69) is 0 Å². The Morgan fingerprint density at radius 2 is 1.91 bits per heavy atom. The highest BCUT2D eigenvalue weighted by Crippen LogP contribution is 2.21. The molecule has 0 aromatic carbocycles. The number of fused-ring (bicyclic) bond motifs is 1. The van der Waals surface area contributed by atoms with Crippen LogP contribution in [0.1, 0.15) is 6.42 Å². The van der Waals surface area contributed by atoms with Crippen LogP contribution in [-0.4, -0.2) is 43.4 Å². The molecule has 3 atom stereocenters. The Balaban J connectivity index is 1.93. The molecule has 2 saturated heterocycles. The van der Waals surface area contributed by atoms with E-state index in [0.717, 1.165) is 0 Å². The van der Waals surface area contributed by atoms with Gasteiger partial charge in [-0.2, -0.15) is 0 Å². The second-order valence-corrected chi connectivity index (χ2v) is 2.87. The number of hydrogen-bond donors (Lipinski definition) is 1. The van der Waals surface area contributed by atoms with Crippen LogP contribution in [0.25, 0.3) is 0 Å². The van der Waals surface area contributed by atoms with Crippen molar-refractivity contribution in [3.05, 3.63) is 0 Å². The Kier molecular flexibility index (Phi) is 2.09. The van der Waals surface area contributed by atoms with Crippen molar-refractivity contribution in [1.29, 1.82) is 0 Å². The average molecular weight is 160 g/mol. The van der Waals surface area contributed by atoms with Crippen molar-refractivity contribution in [3.8, 4) is 0 Å². The maximum absolute atomic E-state index is 9.19. The molecule has 2 rings (SSSR count). The first kappa shape index (κ1) is 7.49. The van der Waals surface area contributed by atoms with Crippen molar-refractivity contribution in [2.75, 3.05) is 19.8 Å². The molecule has 0 saturated carbocycles. The van der Waals surface area contributed by atoms with Crippen molar-refractivity contribution < 1.29 is 19.3 Å². The quantitative estimate of drug-likeness (QED) is 0.519. The largest absolute Gasteiger partial charge is 0.391 e. The normalized spacial score (nSPS) is 45.0. The molecule has 0 aliphatic carbocycles. The summed E-state index contributed by atoms with van der Waals surface area (Å²) in [6, 6.07) is 0. The van der Waals surface area contributed by atoms with Crippen molar-refractivity contribution in [1.82, 2.24) is 0 Å². The van der Waals surface area contributed by atoms with Gasteiger partial charge in [0.25, 0.3) is 0 Å². The fourth-order valence-electron chi connectivity index (χ4n) is 1.43. The van der Waals surface area contributed by atoms with Crippen LogP contribution in [0.4, 0.5) is 0 Å². The van der Waals surface area contributed by atoms with Gasteiger partial charge in [-0.25, -0.2) is 0 Å². The first-order valence-corrected chi connectivity index (χ1v) is 3.89. The van der Waals surface area contributed by atoms with Crippen molar-refractivity contribution in [3.63, 3.8) is 0 Å². The Bertz CT molecular complexity index is 138. The van der Waals surface area contributed by atoms with Gasteiger partial charge in [-0.15, -0.1) is 0 Å². The molecule has 64 valence electrons. The van der Waals surface area contributed by atoms with Crippen LogP contribution in [0.3, 0.4) is 0 Å². The lowest BCUT2D eigenvalue weighted by molar-refractivity contribution is -0.281. The van der Waals surface area contributed by atoms with Gasteiger partial charge in [-0.3, -0.25) is 0 Å². The monoisotopic (exact) mass is 160 g/mol. The zero-order chi connectivity index (χ0) is 7.68. The topological polar surface area (TPSA) is 47.9 Å². The Morgan fingerprint density at radius 3 is 2.82 bits per heavy atom. The second-order valence-electron chi connectivity index (χ2n) is 2.87. The molecule has 2 aliphatic rings. The van der Waals surface area contributed by atoms with Gasteiger partial charge >= 0.3 is 0 Å². The molecular weight excluding hydrogens is 148 g/mol. The summed E-state index contributed by atoms with van der Waals surface area (Å²) in [5.41, 5.74) is 0. The van der Waals surface area contributed by atoms with Gasteiger partial charge in [0.15, 0.2) is 6.29 Å². The minimum absolute atomic E-state index is 0.0625. The van der Waals surface area contributed by atoms with E-state index >= 15 is 0 Å². The van der Waals surface area contributed by atoms with Crippen LogP contribution >= 0.6 is 0 Å². The molecule has 0 unspecified atom stereocenters. The second kappa shape index (κ2) is 3.06. The van der Waals surface area contributed by atoms with Crippen LogP contribution in [0.5, 0.6) is 0 Å². The van der Waals surface area contributed by atoms with Crippen molar-refractivity contribution >= 4 is 0 Å². The molecule has 4 nitrogen and oxygen atoms in total. The molecule has 11 heavy (non-hydrogen) atoms. The fourth-order valence-corrected chi connectivity index (χ4v) is 1.43. The summed E-state index contributed by atoms with van der Waals surface area (Å²) in [6.45, 7) is 1.57. The zero-order valence-electron chi connectivity index (χ0n) is 6.23. The van der Waals surface area contributed by atoms with Gasteiger partial charge in [0.1, 0.15) is 6.10 Å². The number of rotatable bonds is 0. The molecule has 0 spiro atoms. The van der Waals surface area contributed by atoms with E-state index in [0.29, 0.717) is 26.2 Å². The number of aliphatic hydroxyl groups is 1. The first-order valence-electron chi connectivity index (χ1n) is 3.89. The van der Waals surface area contributed by atoms with E-state index in [-0.39, 0.29) is 12.4 Å². The Hall–Kier alpha value is -0.160. The predicted molar refractivity (Wildman–Crippen MR) is 36.1 cm³/mol. The van der Waals surface area contributed by atoms with Gasteiger partial charge in [0, 0.05) is 6.42 Å². The molecule has 0 aromatic rings. The van der Waals surface area contributed by atoms with E-state index in [1.807, 2.05) is 0 Å². The molecular formula is C7H12O4. The molecule has 0 radical (unpaired) electrons. The molecule has 1 N–H and O–H groups in total. The summed E-state index contributed by atoms with van der Waals surface area (Å²) in [4.78, 5) is 0. The van der Waals surface area contributed by atoms with Crippen LogP contribution in [-0.2, 0) is 14.2 Å². The lowest BCUT2D eigenvalue weighted by atomic mass is 10.1. The average Bonchev–Trinajstić information content (AvgIpc) is 2.04. The summed E-state index contributed by atoms with van der Waals surface area (Å²) in [5, 5.41) is 9.19. The van der Waals surface area contributed by atoms with Gasteiger partial charge in [-0.1, -0.05) is 0 Å². The first-order chi connectivity index (χ1) is 5.36. The lowest BCUT2D eigenvalue weighted by Crippen LogP contribution is -2.47. The molecule has 0 amide bonds. The van der Waals surface area contributed by atoms with Gasteiger partial charge in [-0.05, 0) is 0 Å². The standard InChI is InChI=1S/C7H12O4/c8-5-3-6-7(11-4-5)10-2-1-9-6/h5-8H,1-4H2/t5-,6-,7+/m0/s1. The van der Waals surface area contributed by atoms with E-state index in [1.54, 1.807) is 0 Å². The third-order valence-electron chi connectivity index (χ3n) is 1.96. The fraction of sp³-hybridized carbons (Fsp3) is 1.00. The number of hydrogen-bond acceptors (Lipinski definition) is 4. The Morgan fingerprint density at radius 1 is 1.09 bits per heavy atom. The minimum Gasteiger partial charge on any atom is -0.391 e.